The van der Waals surface area contributed by atoms with Gasteiger partial charge < -0.3 is 13.6 Å². The number of hydrogen-bond acceptors (Lipinski definition) is 4. The Balaban J connectivity index is 2.49. The molecule has 1 saturated carbocycles. The summed E-state index contributed by atoms with van der Waals surface area (Å²) in [5.74, 6) is 0.360. The topological polar surface area (TPSA) is 44.8 Å². The number of unbranched alkanes of at least 4 members (excludes halogenated alkanes) is 2. The normalized spacial score (nSPS) is 28.2. The van der Waals surface area contributed by atoms with Crippen LogP contribution >= 0.6 is 0 Å². The van der Waals surface area contributed by atoms with Crippen LogP contribution in [0.15, 0.2) is 24.3 Å². The zero-order chi connectivity index (χ0) is 29.7. The number of esters is 1. The second-order valence-electron chi connectivity index (χ2n) is 15.5. The van der Waals surface area contributed by atoms with E-state index in [0.29, 0.717) is 6.42 Å². The van der Waals surface area contributed by atoms with Crippen molar-refractivity contribution in [3.8, 4) is 0 Å². The van der Waals surface area contributed by atoms with Crippen LogP contribution in [0.3, 0.4) is 0 Å². The van der Waals surface area contributed by atoms with Gasteiger partial charge in [-0.15, -0.1) is 0 Å². The van der Waals surface area contributed by atoms with Crippen LogP contribution < -0.4 is 0 Å². The van der Waals surface area contributed by atoms with E-state index in [0.717, 1.165) is 38.5 Å². The van der Waals surface area contributed by atoms with E-state index in [1.807, 2.05) is 0 Å². The molecule has 0 bridgehead atoms. The smallest absolute Gasteiger partial charge is 0.306 e. The van der Waals surface area contributed by atoms with Crippen molar-refractivity contribution in [2.24, 2.45) is 11.8 Å². The molecule has 39 heavy (non-hydrogen) atoms. The van der Waals surface area contributed by atoms with Gasteiger partial charge in [0.1, 0.15) is 6.10 Å². The van der Waals surface area contributed by atoms with E-state index in [-0.39, 0.29) is 45.7 Å². The van der Waals surface area contributed by atoms with Gasteiger partial charge in [0.2, 0.25) is 0 Å². The summed E-state index contributed by atoms with van der Waals surface area (Å²) in [6, 6.07) is 0. The van der Waals surface area contributed by atoms with Gasteiger partial charge in [-0.2, -0.15) is 0 Å². The Bertz CT molecular complexity index is 849. The van der Waals surface area contributed by atoms with Crippen LogP contribution in [0.4, 0.5) is 0 Å². The number of hydrogen-bond donors (Lipinski definition) is 0. The largest absolute Gasteiger partial charge is 0.462 e. The summed E-state index contributed by atoms with van der Waals surface area (Å²) >= 11 is 0. The lowest BCUT2D eigenvalue weighted by atomic mass is 9.87. The summed E-state index contributed by atoms with van der Waals surface area (Å²) in [6.45, 7) is 27.8. The molecule has 0 spiro atoms. The van der Waals surface area contributed by atoms with E-state index in [1.165, 1.54) is 12.8 Å². The van der Waals surface area contributed by atoms with Crippen molar-refractivity contribution in [2.75, 3.05) is 0 Å². The van der Waals surface area contributed by atoms with E-state index < -0.39 is 16.6 Å². The number of carbonyl (C=O) groups is 1. The molecule has 0 aromatic carbocycles. The molecule has 4 nitrogen and oxygen atoms in total. The van der Waals surface area contributed by atoms with Gasteiger partial charge in [0.15, 0.2) is 16.6 Å². The van der Waals surface area contributed by atoms with Crippen molar-refractivity contribution in [1.29, 1.82) is 0 Å². The van der Waals surface area contributed by atoms with Gasteiger partial charge in [-0.25, -0.2) is 0 Å². The maximum Gasteiger partial charge on any atom is 0.306 e. The summed E-state index contributed by atoms with van der Waals surface area (Å²) in [6.07, 6.45) is 17.9. The van der Waals surface area contributed by atoms with E-state index in [2.05, 4.69) is 106 Å². The molecule has 0 aromatic rings. The first-order valence-corrected chi connectivity index (χ1v) is 21.6. The molecule has 0 amide bonds. The minimum Gasteiger partial charge on any atom is -0.462 e. The third-order valence-corrected chi connectivity index (χ3v) is 19.1. The Morgan fingerprint density at radius 3 is 2.21 bits per heavy atom. The van der Waals surface area contributed by atoms with Gasteiger partial charge >= 0.3 is 5.97 Å². The molecule has 1 heterocycles. The molecule has 1 fully saturated rings. The maximum absolute atomic E-state index is 12.7. The van der Waals surface area contributed by atoms with Gasteiger partial charge in [-0.3, -0.25) is 4.79 Å². The number of fused-ring (bicyclic) bond motifs is 1. The van der Waals surface area contributed by atoms with Crippen LogP contribution in [0, 0.1) is 11.8 Å². The first-order valence-electron chi connectivity index (χ1n) is 15.7. The van der Waals surface area contributed by atoms with E-state index in [9.17, 15) is 4.79 Å². The van der Waals surface area contributed by atoms with Crippen LogP contribution in [0.1, 0.15) is 113 Å². The van der Waals surface area contributed by atoms with Crippen molar-refractivity contribution in [3.63, 3.8) is 0 Å². The maximum atomic E-state index is 12.7. The minimum absolute atomic E-state index is 0.0480. The summed E-state index contributed by atoms with van der Waals surface area (Å²) in [4.78, 5) is 12.7. The van der Waals surface area contributed by atoms with E-state index >= 15 is 0 Å². The molecule has 1 unspecified atom stereocenters. The Hall–Kier alpha value is -0.696. The lowest BCUT2D eigenvalue weighted by molar-refractivity contribution is -0.151. The van der Waals surface area contributed by atoms with Crippen molar-refractivity contribution in [3.05, 3.63) is 24.3 Å². The molecule has 0 saturated heterocycles. The fraction of sp³-hybridized carbons (Fsp3) is 0.848. The second kappa shape index (κ2) is 13.5. The van der Waals surface area contributed by atoms with Gasteiger partial charge in [0, 0.05) is 24.7 Å². The Morgan fingerprint density at radius 1 is 0.974 bits per heavy atom. The Morgan fingerprint density at radius 2 is 1.62 bits per heavy atom. The molecule has 2 aliphatic rings. The second-order valence-corrected chi connectivity index (χ2v) is 25.0. The number of ether oxygens (including phenoxy) is 1. The number of carbonyl (C=O) groups excluding carboxylic acids is 1. The van der Waals surface area contributed by atoms with Crippen LogP contribution in [0.5, 0.6) is 0 Å². The fourth-order valence-corrected chi connectivity index (χ4v) is 8.39. The highest BCUT2D eigenvalue weighted by molar-refractivity contribution is 6.74. The molecule has 5 atom stereocenters. The van der Waals surface area contributed by atoms with Crippen molar-refractivity contribution >= 4 is 22.6 Å². The summed E-state index contributed by atoms with van der Waals surface area (Å²) in [7, 11) is -4.00. The van der Waals surface area contributed by atoms with E-state index in [1.54, 1.807) is 0 Å². The summed E-state index contributed by atoms with van der Waals surface area (Å²) < 4.78 is 20.4. The monoisotopic (exact) mass is 578 g/mol. The lowest BCUT2D eigenvalue weighted by Crippen LogP contribution is -2.48. The van der Waals surface area contributed by atoms with E-state index in [4.69, 9.17) is 13.6 Å². The highest BCUT2D eigenvalue weighted by Crippen LogP contribution is 2.46. The molecule has 1 aliphatic carbocycles. The van der Waals surface area contributed by atoms with Crippen molar-refractivity contribution in [2.45, 2.75) is 167 Å². The zero-order valence-electron chi connectivity index (χ0n) is 27.6. The zero-order valence-corrected chi connectivity index (χ0v) is 29.6. The SMILES string of the molecule is CCCCC[C@@](C)(/C=C/[C@H]1C(O[Si](C)(C)C(C)(C)C)C[C@@H]2OC(=O)CCC/C=C\C[C@@H]21)O[Si](C)(C)C(C)(C)C. The fourth-order valence-electron chi connectivity index (χ4n) is 5.39. The molecular formula is C33H62O4Si2. The molecular weight excluding hydrogens is 517 g/mol. The molecule has 0 N–H and O–H groups in total. The first-order chi connectivity index (χ1) is 17.8. The standard InChI is InChI=1S/C33H62O4Si2/c1-13-14-19-23-33(8,37-39(11,12)32(5,6)7)24-22-27-26-20-17-15-16-18-21-30(34)35-28(26)25-29(27)36-38(9,10)31(2,3)4/h15,17,22,24,26-29H,13-14,16,18-21,23,25H2,1-12H3/b17-15-,24-22+/t26-,27-,28+,29?,33+/m1/s1. The average molecular weight is 579 g/mol. The Kier molecular flexibility index (Phi) is 12.0. The summed E-state index contributed by atoms with van der Waals surface area (Å²) in [5, 5.41) is 0.267. The highest BCUT2D eigenvalue weighted by Gasteiger charge is 2.49. The predicted molar refractivity (Wildman–Crippen MR) is 171 cm³/mol. The number of rotatable bonds is 10. The number of allylic oxidation sites excluding steroid dienone is 2. The summed E-state index contributed by atoms with van der Waals surface area (Å²) in [5.41, 5.74) is -0.319. The lowest BCUT2D eigenvalue weighted by Gasteiger charge is -2.43. The van der Waals surface area contributed by atoms with Gasteiger partial charge in [0.05, 0.1) is 11.7 Å². The minimum atomic E-state index is -2.02. The third-order valence-electron chi connectivity index (χ3n) is 9.97. The van der Waals surface area contributed by atoms with Gasteiger partial charge in [0.25, 0.3) is 0 Å². The molecule has 0 radical (unpaired) electrons. The quantitative estimate of drug-likeness (QED) is 0.112. The molecule has 1 aliphatic heterocycles. The van der Waals surface area contributed by atoms with Crippen LogP contribution in [-0.4, -0.2) is 40.4 Å². The molecule has 226 valence electrons. The van der Waals surface area contributed by atoms with Crippen molar-refractivity contribution in [1.82, 2.24) is 0 Å². The Labute approximate surface area is 244 Å². The van der Waals surface area contributed by atoms with Crippen LogP contribution in [0.2, 0.25) is 36.3 Å². The molecule has 2 rings (SSSR count). The van der Waals surface area contributed by atoms with Crippen molar-refractivity contribution < 1.29 is 18.4 Å². The first kappa shape index (κ1) is 34.5. The highest BCUT2D eigenvalue weighted by atomic mass is 28.4. The predicted octanol–water partition coefficient (Wildman–Crippen LogP) is 9.97. The van der Waals surface area contributed by atoms with Crippen LogP contribution in [-0.2, 0) is 18.4 Å². The molecule has 0 aromatic heterocycles. The van der Waals surface area contributed by atoms with Crippen LogP contribution in [0.25, 0.3) is 0 Å². The third kappa shape index (κ3) is 9.68. The van der Waals surface area contributed by atoms with Gasteiger partial charge in [-0.05, 0) is 68.9 Å². The van der Waals surface area contributed by atoms with Gasteiger partial charge in [-0.1, -0.05) is 92.0 Å². The molecule has 6 heteroatoms. The average Bonchev–Trinajstić information content (AvgIpc) is 3.08.